The van der Waals surface area contributed by atoms with E-state index in [2.05, 4.69) is 15.3 Å². The summed E-state index contributed by atoms with van der Waals surface area (Å²) in [6, 6.07) is 3.25. The van der Waals surface area contributed by atoms with Gasteiger partial charge in [0.25, 0.3) is 0 Å². The number of sulfone groups is 1. The number of thiophene rings is 1. The molecular formula is C16H21N3O3S2. The lowest BCUT2D eigenvalue weighted by atomic mass is 9.96. The maximum absolute atomic E-state index is 12.2. The van der Waals surface area contributed by atoms with E-state index in [1.165, 1.54) is 11.3 Å². The average molecular weight is 367 g/mol. The quantitative estimate of drug-likeness (QED) is 0.811. The van der Waals surface area contributed by atoms with Crippen molar-refractivity contribution in [1.29, 1.82) is 0 Å². The molecule has 8 heteroatoms. The van der Waals surface area contributed by atoms with Gasteiger partial charge < -0.3 is 10.4 Å². The van der Waals surface area contributed by atoms with Gasteiger partial charge in [0.2, 0.25) is 0 Å². The van der Waals surface area contributed by atoms with Crippen LogP contribution in [0.3, 0.4) is 0 Å². The predicted molar refractivity (Wildman–Crippen MR) is 94.3 cm³/mol. The number of nitrogens with zero attached hydrogens (tertiary/aromatic N) is 2. The zero-order chi connectivity index (χ0) is 17.2. The highest BCUT2D eigenvalue weighted by Gasteiger charge is 2.22. The number of fused-ring (bicyclic) bond motifs is 1. The third kappa shape index (κ3) is 3.93. The summed E-state index contributed by atoms with van der Waals surface area (Å²) >= 11 is 1.17. The Labute approximate surface area is 145 Å². The number of rotatable bonds is 6. The highest BCUT2D eigenvalue weighted by atomic mass is 32.2. The van der Waals surface area contributed by atoms with E-state index in [9.17, 15) is 13.5 Å². The topological polar surface area (TPSA) is 92.2 Å². The Morgan fingerprint density at radius 3 is 2.88 bits per heavy atom. The molecule has 0 aromatic carbocycles. The van der Waals surface area contributed by atoms with E-state index >= 15 is 0 Å². The van der Waals surface area contributed by atoms with Crippen LogP contribution in [0, 0.1) is 6.92 Å². The Hall–Kier alpha value is -1.51. The maximum atomic E-state index is 12.2. The summed E-state index contributed by atoms with van der Waals surface area (Å²) in [5.41, 5.74) is 2.16. The van der Waals surface area contributed by atoms with Crippen LogP contribution in [0.5, 0.6) is 0 Å². The van der Waals surface area contributed by atoms with Crippen molar-refractivity contribution in [2.75, 3.05) is 17.6 Å². The van der Waals surface area contributed by atoms with Crippen molar-refractivity contribution >= 4 is 27.0 Å². The van der Waals surface area contributed by atoms with Crippen LogP contribution in [-0.2, 0) is 22.7 Å². The van der Waals surface area contributed by atoms with Gasteiger partial charge in [0.15, 0.2) is 9.84 Å². The van der Waals surface area contributed by atoms with Gasteiger partial charge in [-0.25, -0.2) is 18.4 Å². The average Bonchev–Trinajstić information content (AvgIpc) is 3.07. The molecule has 0 saturated carbocycles. The Morgan fingerprint density at radius 1 is 1.33 bits per heavy atom. The van der Waals surface area contributed by atoms with Crippen molar-refractivity contribution < 1.29 is 13.5 Å². The largest absolute Gasteiger partial charge is 0.390 e. The number of aromatic nitrogens is 2. The zero-order valence-corrected chi connectivity index (χ0v) is 15.2. The molecule has 0 fully saturated rings. The highest BCUT2D eigenvalue weighted by Crippen LogP contribution is 2.25. The van der Waals surface area contributed by atoms with E-state index < -0.39 is 15.9 Å². The number of aliphatic hydroxyl groups is 1. The van der Waals surface area contributed by atoms with E-state index in [1.807, 2.05) is 6.92 Å². The van der Waals surface area contributed by atoms with E-state index in [-0.39, 0.29) is 16.5 Å². The molecule has 6 nitrogen and oxygen atoms in total. The summed E-state index contributed by atoms with van der Waals surface area (Å²) in [5.74, 6) is 1.12. The van der Waals surface area contributed by atoms with Gasteiger partial charge in [-0.15, -0.1) is 11.3 Å². The molecule has 24 heavy (non-hydrogen) atoms. The number of aliphatic hydroxyl groups excluding tert-OH is 1. The van der Waals surface area contributed by atoms with Crippen LogP contribution in [-0.4, -0.2) is 41.9 Å². The van der Waals surface area contributed by atoms with Crippen molar-refractivity contribution in [3.05, 3.63) is 34.6 Å². The molecule has 1 atom stereocenters. The van der Waals surface area contributed by atoms with E-state index in [0.29, 0.717) is 5.82 Å². The second-order valence-electron chi connectivity index (χ2n) is 6.00. The normalized spacial score (nSPS) is 15.8. The van der Waals surface area contributed by atoms with Crippen LogP contribution in [0.4, 0.5) is 5.82 Å². The van der Waals surface area contributed by atoms with Crippen LogP contribution >= 0.6 is 11.3 Å². The SMILES string of the molecule is Cc1nc2c(c(NCC(O)CS(=O)(=O)c3cccs3)n1)CCCC2. The fraction of sp³-hybridized carbons (Fsp3) is 0.500. The Morgan fingerprint density at radius 2 is 2.12 bits per heavy atom. The van der Waals surface area contributed by atoms with Gasteiger partial charge in [-0.2, -0.15) is 0 Å². The van der Waals surface area contributed by atoms with E-state index in [1.54, 1.807) is 17.5 Å². The van der Waals surface area contributed by atoms with Gasteiger partial charge in [0, 0.05) is 17.8 Å². The first-order valence-electron chi connectivity index (χ1n) is 8.00. The molecular weight excluding hydrogens is 346 g/mol. The van der Waals surface area contributed by atoms with Gasteiger partial charge >= 0.3 is 0 Å². The van der Waals surface area contributed by atoms with Gasteiger partial charge in [-0.05, 0) is 44.1 Å². The second-order valence-corrected chi connectivity index (χ2v) is 9.21. The lowest BCUT2D eigenvalue weighted by molar-refractivity contribution is 0.210. The molecule has 1 unspecified atom stereocenters. The summed E-state index contributed by atoms with van der Waals surface area (Å²) in [5, 5.41) is 15.0. The van der Waals surface area contributed by atoms with Crippen molar-refractivity contribution in [3.8, 4) is 0 Å². The second kappa shape index (κ2) is 7.16. The smallest absolute Gasteiger partial charge is 0.190 e. The lowest BCUT2D eigenvalue weighted by Crippen LogP contribution is -2.29. The molecule has 3 rings (SSSR count). The summed E-state index contributed by atoms with van der Waals surface area (Å²) in [4.78, 5) is 8.91. The predicted octanol–water partition coefficient (Wildman–Crippen LogP) is 1.97. The van der Waals surface area contributed by atoms with Crippen LogP contribution in [0.25, 0.3) is 0 Å². The first-order chi connectivity index (χ1) is 11.5. The number of aryl methyl sites for hydroxylation is 2. The van der Waals surface area contributed by atoms with Crippen molar-refractivity contribution in [1.82, 2.24) is 9.97 Å². The fourth-order valence-corrected chi connectivity index (χ4v) is 5.39. The first kappa shape index (κ1) is 17.3. The van der Waals surface area contributed by atoms with Gasteiger partial charge in [0.05, 0.1) is 11.9 Å². The first-order valence-corrected chi connectivity index (χ1v) is 10.5. The summed E-state index contributed by atoms with van der Waals surface area (Å²) < 4.78 is 24.7. The molecule has 1 aliphatic rings. The minimum absolute atomic E-state index is 0.146. The molecule has 0 aliphatic heterocycles. The molecule has 130 valence electrons. The standard InChI is InChI=1S/C16H21N3O3S2/c1-11-18-14-6-3-2-5-13(14)16(19-11)17-9-12(20)10-24(21,22)15-7-4-8-23-15/h4,7-8,12,20H,2-3,5-6,9-10H2,1H3,(H,17,18,19). The number of nitrogens with one attached hydrogen (secondary N) is 1. The Balaban J connectivity index is 1.67. The summed E-state index contributed by atoms with van der Waals surface area (Å²) in [6.45, 7) is 1.99. The minimum Gasteiger partial charge on any atom is -0.390 e. The molecule has 0 spiro atoms. The molecule has 0 bridgehead atoms. The number of hydrogen-bond acceptors (Lipinski definition) is 7. The van der Waals surface area contributed by atoms with E-state index in [4.69, 9.17) is 0 Å². The fourth-order valence-electron chi connectivity index (χ4n) is 2.91. The zero-order valence-electron chi connectivity index (χ0n) is 13.5. The van der Waals surface area contributed by atoms with Crippen molar-refractivity contribution in [3.63, 3.8) is 0 Å². The number of anilines is 1. The molecule has 0 saturated heterocycles. The maximum Gasteiger partial charge on any atom is 0.190 e. The highest BCUT2D eigenvalue weighted by molar-refractivity contribution is 7.93. The van der Waals surface area contributed by atoms with Gasteiger partial charge in [-0.1, -0.05) is 6.07 Å². The minimum atomic E-state index is -3.45. The third-order valence-electron chi connectivity index (χ3n) is 4.01. The van der Waals surface area contributed by atoms with Gasteiger partial charge in [0.1, 0.15) is 15.9 Å². The van der Waals surface area contributed by atoms with Crippen LogP contribution in [0.2, 0.25) is 0 Å². The van der Waals surface area contributed by atoms with Crippen LogP contribution < -0.4 is 5.32 Å². The Kier molecular flexibility index (Phi) is 5.17. The Bertz CT molecular complexity index is 804. The molecule has 0 amide bonds. The molecule has 2 aromatic rings. The molecule has 2 N–H and O–H groups in total. The van der Waals surface area contributed by atoms with Crippen LogP contribution in [0.1, 0.15) is 29.9 Å². The molecule has 2 heterocycles. The number of hydrogen-bond donors (Lipinski definition) is 2. The summed E-state index contributed by atoms with van der Waals surface area (Å²) in [6.07, 6.45) is 3.10. The molecule has 0 radical (unpaired) electrons. The van der Waals surface area contributed by atoms with Gasteiger partial charge in [-0.3, -0.25) is 0 Å². The third-order valence-corrected chi connectivity index (χ3v) is 7.30. The summed E-state index contributed by atoms with van der Waals surface area (Å²) in [7, 11) is -3.45. The van der Waals surface area contributed by atoms with Crippen molar-refractivity contribution in [2.45, 2.75) is 42.9 Å². The lowest BCUT2D eigenvalue weighted by Gasteiger charge is -2.20. The molecule has 1 aliphatic carbocycles. The van der Waals surface area contributed by atoms with Crippen LogP contribution in [0.15, 0.2) is 21.7 Å². The monoisotopic (exact) mass is 367 g/mol. The van der Waals surface area contributed by atoms with E-state index in [0.717, 1.165) is 42.8 Å². The van der Waals surface area contributed by atoms with Crippen molar-refractivity contribution in [2.24, 2.45) is 0 Å². The molecule has 2 aromatic heterocycles.